The summed E-state index contributed by atoms with van der Waals surface area (Å²) in [7, 11) is 1.77. The van der Waals surface area contributed by atoms with Crippen LogP contribution in [-0.4, -0.2) is 49.6 Å². The standard InChI is InChI=1S/C25H21F3N6O/c1-15-11-29-33(12-15)13-16(2)30-24(35)17-4-9-22-20(10-17)21-14-32(3)31-23(21)34(22)19-7-5-18(6-8-19)25(26,27)28/h4-11,14,16H,13H2,1-3H3/p+1. The molecule has 0 spiro atoms. The van der Waals surface area contributed by atoms with Gasteiger partial charge in [0.15, 0.2) is 5.65 Å². The van der Waals surface area contributed by atoms with Crippen molar-refractivity contribution in [3.63, 3.8) is 0 Å². The molecule has 0 saturated carbocycles. The Balaban J connectivity index is 1.50. The van der Waals surface area contributed by atoms with E-state index in [1.807, 2.05) is 20.0 Å². The van der Waals surface area contributed by atoms with Gasteiger partial charge in [0, 0.05) is 40.4 Å². The van der Waals surface area contributed by atoms with E-state index in [2.05, 4.69) is 21.4 Å². The molecule has 0 bridgehead atoms. The molecule has 5 rings (SSSR count). The molecule has 10 heteroatoms. The third-order valence-corrected chi connectivity index (χ3v) is 5.78. The second-order valence-corrected chi connectivity index (χ2v) is 8.65. The lowest BCUT2D eigenvalue weighted by Crippen LogP contribution is -2.37. The van der Waals surface area contributed by atoms with Crippen LogP contribution in [0.1, 0.15) is 29.8 Å². The highest BCUT2D eigenvalue weighted by molar-refractivity contribution is 6.10. The first-order valence-corrected chi connectivity index (χ1v) is 11.0. The second kappa shape index (κ2) is 8.25. The van der Waals surface area contributed by atoms with E-state index in [-0.39, 0.29) is 11.9 Å². The minimum Gasteiger partial charge on any atom is -0.343 e. The number of nitrogens with one attached hydrogen (secondary N) is 1. The summed E-state index contributed by atoms with van der Waals surface area (Å²) in [6, 6.07) is 10.1. The number of benzene rings is 2. The van der Waals surface area contributed by atoms with Crippen molar-refractivity contribution >= 4 is 39.9 Å². The van der Waals surface area contributed by atoms with Crippen LogP contribution in [0.2, 0.25) is 0 Å². The molecular formula is C25H22F3N6O+. The first-order valence-electron chi connectivity index (χ1n) is 11.0. The summed E-state index contributed by atoms with van der Waals surface area (Å²) in [5.41, 5.74) is 2.57. The Morgan fingerprint density at radius 1 is 1.17 bits per heavy atom. The maximum Gasteiger partial charge on any atom is 0.416 e. The van der Waals surface area contributed by atoms with Crippen LogP contribution in [0.3, 0.4) is 0 Å². The fraction of sp³-hybridized carbons (Fsp3) is 0.240. The van der Waals surface area contributed by atoms with Crippen molar-refractivity contribution in [2.45, 2.75) is 26.1 Å². The molecule has 35 heavy (non-hydrogen) atoms. The quantitative estimate of drug-likeness (QED) is 0.434. The van der Waals surface area contributed by atoms with E-state index in [0.29, 0.717) is 23.4 Å². The molecule has 7 nitrogen and oxygen atoms in total. The number of allylic oxidation sites excluding steroid dienone is 1. The van der Waals surface area contributed by atoms with Crippen LogP contribution in [0, 0.1) is 0 Å². The van der Waals surface area contributed by atoms with Gasteiger partial charge in [0.05, 0.1) is 22.7 Å². The van der Waals surface area contributed by atoms with E-state index in [1.54, 1.807) is 45.4 Å². The summed E-state index contributed by atoms with van der Waals surface area (Å²) in [6.45, 7) is 4.28. The van der Waals surface area contributed by atoms with Crippen LogP contribution in [0.4, 0.5) is 13.2 Å². The third kappa shape index (κ3) is 4.24. The Morgan fingerprint density at radius 3 is 2.57 bits per heavy atom. The van der Waals surface area contributed by atoms with Gasteiger partial charge >= 0.3 is 6.18 Å². The first-order chi connectivity index (χ1) is 16.6. The van der Waals surface area contributed by atoms with Gasteiger partial charge in [0.1, 0.15) is 6.21 Å². The van der Waals surface area contributed by atoms with Crippen LogP contribution < -0.4 is 5.32 Å². The molecule has 178 valence electrons. The number of nitrogens with zero attached hydrogens (tertiary/aromatic N) is 5. The molecule has 0 saturated heterocycles. The number of amides is 1. The van der Waals surface area contributed by atoms with E-state index in [0.717, 1.165) is 34.0 Å². The van der Waals surface area contributed by atoms with Crippen molar-refractivity contribution in [2.75, 3.05) is 6.54 Å². The Morgan fingerprint density at radius 2 is 1.91 bits per heavy atom. The smallest absolute Gasteiger partial charge is 0.343 e. The lowest BCUT2D eigenvalue weighted by Gasteiger charge is -2.11. The highest BCUT2D eigenvalue weighted by atomic mass is 19.4. The van der Waals surface area contributed by atoms with E-state index in [9.17, 15) is 18.0 Å². The molecule has 1 atom stereocenters. The summed E-state index contributed by atoms with van der Waals surface area (Å²) in [4.78, 5) is 13.0. The summed E-state index contributed by atoms with van der Waals surface area (Å²) in [6.07, 6.45) is -0.868. The van der Waals surface area contributed by atoms with Crippen molar-refractivity contribution in [3.8, 4) is 5.69 Å². The summed E-state index contributed by atoms with van der Waals surface area (Å²) >= 11 is 0. The van der Waals surface area contributed by atoms with Gasteiger partial charge in [-0.15, -0.1) is 0 Å². The predicted molar refractivity (Wildman–Crippen MR) is 127 cm³/mol. The average Bonchev–Trinajstić information content (AvgIpc) is 3.45. The fourth-order valence-electron chi connectivity index (χ4n) is 4.22. The molecule has 3 heterocycles. The van der Waals surface area contributed by atoms with Crippen molar-refractivity contribution in [1.82, 2.24) is 19.7 Å². The summed E-state index contributed by atoms with van der Waals surface area (Å²) in [5.74, 6) is 2.84. The predicted octanol–water partition coefficient (Wildman–Crippen LogP) is 4.28. The van der Waals surface area contributed by atoms with Gasteiger partial charge in [0.2, 0.25) is 12.4 Å². The topological polar surface area (TPSA) is 67.2 Å². The van der Waals surface area contributed by atoms with Crippen LogP contribution in [0.15, 0.2) is 59.3 Å². The molecule has 1 aliphatic rings. The monoisotopic (exact) mass is 479 g/mol. The number of carbonyl (C=O) groups is 1. The zero-order valence-electron chi connectivity index (χ0n) is 19.3. The van der Waals surface area contributed by atoms with Crippen LogP contribution >= 0.6 is 0 Å². The maximum absolute atomic E-state index is 13.0. The fourth-order valence-corrected chi connectivity index (χ4v) is 4.22. The van der Waals surface area contributed by atoms with Gasteiger partial charge in [-0.05, 0) is 61.0 Å². The van der Waals surface area contributed by atoms with E-state index in [1.165, 1.54) is 12.1 Å². The van der Waals surface area contributed by atoms with Gasteiger partial charge in [0.25, 0.3) is 5.91 Å². The molecule has 0 radical (unpaired) electrons. The molecule has 1 amide bonds. The number of rotatable bonds is 5. The maximum atomic E-state index is 13.0. The van der Waals surface area contributed by atoms with Gasteiger partial charge in [-0.2, -0.15) is 18.3 Å². The lowest BCUT2D eigenvalue weighted by atomic mass is 10.1. The molecular weight excluding hydrogens is 457 g/mol. The summed E-state index contributed by atoms with van der Waals surface area (Å²) in [5, 5.41) is 13.3. The Labute approximate surface area is 198 Å². The van der Waals surface area contributed by atoms with Gasteiger partial charge in [-0.25, -0.2) is 0 Å². The zero-order valence-corrected chi connectivity index (χ0v) is 19.3. The highest BCUT2D eigenvalue weighted by Crippen LogP contribution is 2.34. The zero-order chi connectivity index (χ0) is 24.9. The number of halogens is 3. The lowest BCUT2D eigenvalue weighted by molar-refractivity contribution is -0.526. The molecule has 0 fully saturated rings. The molecule has 0 aliphatic carbocycles. The SMILES string of the molecule is CC1=C=[N+](CC(C)NC(=O)c2ccc3c(c2)c2cn(C)nc2n3-c2ccc(C(F)(F)F)cc2)N=C1. The van der Waals surface area contributed by atoms with Gasteiger partial charge in [-0.1, -0.05) is 0 Å². The highest BCUT2D eigenvalue weighted by Gasteiger charge is 2.30. The average molecular weight is 479 g/mol. The van der Waals surface area contributed by atoms with E-state index in [4.69, 9.17) is 0 Å². The minimum absolute atomic E-state index is 0.177. The van der Waals surface area contributed by atoms with Crippen LogP contribution in [0.5, 0.6) is 0 Å². The van der Waals surface area contributed by atoms with Crippen molar-refractivity contribution in [2.24, 2.45) is 12.1 Å². The molecule has 4 aromatic rings. The minimum atomic E-state index is -4.41. The Kier molecular flexibility index (Phi) is 5.33. The largest absolute Gasteiger partial charge is 0.416 e. The normalized spacial score (nSPS) is 14.5. The van der Waals surface area contributed by atoms with Crippen molar-refractivity contribution in [3.05, 3.63) is 65.4 Å². The molecule has 2 aromatic carbocycles. The van der Waals surface area contributed by atoms with Gasteiger partial charge in [-0.3, -0.25) is 14.0 Å². The molecule has 1 N–H and O–H groups in total. The van der Waals surface area contributed by atoms with Gasteiger partial charge < -0.3 is 5.32 Å². The van der Waals surface area contributed by atoms with Crippen molar-refractivity contribution < 1.29 is 22.7 Å². The van der Waals surface area contributed by atoms with E-state index < -0.39 is 11.7 Å². The van der Waals surface area contributed by atoms with E-state index >= 15 is 0 Å². The summed E-state index contributed by atoms with van der Waals surface area (Å²) < 4.78 is 44.2. The number of aryl methyl sites for hydroxylation is 1. The molecule has 1 unspecified atom stereocenters. The number of carbonyl (C=O) groups excluding carboxylic acids is 1. The molecule has 2 aromatic heterocycles. The third-order valence-electron chi connectivity index (χ3n) is 5.78. The first kappa shape index (κ1) is 22.6. The number of hydrazone groups is 1. The number of aromatic nitrogens is 3. The number of alkyl halides is 3. The Bertz CT molecular complexity index is 1570. The second-order valence-electron chi connectivity index (χ2n) is 8.65. The number of hydrogen-bond acceptors (Lipinski definition) is 3. The van der Waals surface area contributed by atoms with Crippen LogP contribution in [0.25, 0.3) is 27.6 Å². The Hall–Kier alpha value is -4.17. The van der Waals surface area contributed by atoms with Crippen LogP contribution in [-0.2, 0) is 13.2 Å². The van der Waals surface area contributed by atoms with Crippen molar-refractivity contribution in [1.29, 1.82) is 0 Å². The molecule has 1 aliphatic heterocycles. The number of fused-ring (bicyclic) bond motifs is 3. The number of hydrogen-bond donors (Lipinski definition) is 1.